The van der Waals surface area contributed by atoms with Gasteiger partial charge in [-0.3, -0.25) is 0 Å². The molecule has 1 aromatic carbocycles. The zero-order valence-corrected chi connectivity index (χ0v) is 10.9. The van der Waals surface area contributed by atoms with Gasteiger partial charge in [0.25, 0.3) is 0 Å². The molecule has 2 aromatic rings. The van der Waals surface area contributed by atoms with Crippen LogP contribution >= 0.6 is 23.4 Å². The third-order valence-corrected chi connectivity index (χ3v) is 3.57. The van der Waals surface area contributed by atoms with Gasteiger partial charge in [-0.25, -0.2) is 4.98 Å². The number of rotatable bonds is 3. The van der Waals surface area contributed by atoms with Crippen LogP contribution in [0.3, 0.4) is 0 Å². The second-order valence-electron chi connectivity index (χ2n) is 3.63. The number of aliphatic hydroxyl groups excluding tert-OH is 1. The van der Waals surface area contributed by atoms with Crippen molar-refractivity contribution in [3.8, 4) is 0 Å². The highest BCUT2D eigenvalue weighted by molar-refractivity contribution is 7.99. The normalized spacial score (nSPS) is 12.4. The summed E-state index contributed by atoms with van der Waals surface area (Å²) in [5, 5.41) is 11.2. The fourth-order valence-electron chi connectivity index (χ4n) is 1.42. The Hall–Kier alpha value is -1.03. The first kappa shape index (κ1) is 12.4. The number of aliphatic hydroxyl groups is 1. The van der Waals surface area contributed by atoms with Crippen molar-refractivity contribution in [2.24, 2.45) is 0 Å². The molecule has 0 fully saturated rings. The van der Waals surface area contributed by atoms with Gasteiger partial charge in [0.1, 0.15) is 5.03 Å². The molecule has 1 aromatic heterocycles. The number of halogens is 1. The van der Waals surface area contributed by atoms with Gasteiger partial charge in [-0.15, -0.1) is 0 Å². The van der Waals surface area contributed by atoms with E-state index in [1.165, 1.54) is 11.8 Å². The lowest BCUT2D eigenvalue weighted by atomic mass is 10.2. The lowest BCUT2D eigenvalue weighted by Crippen LogP contribution is -1.95. The standard InChI is InChI=1S/C13H12ClNOS/c1-9(16)12-3-2-8-15-13(12)17-11-6-4-10(14)5-7-11/h2-9,16H,1H3. The highest BCUT2D eigenvalue weighted by atomic mass is 35.5. The maximum Gasteiger partial charge on any atom is 0.106 e. The van der Waals surface area contributed by atoms with Crippen molar-refractivity contribution in [1.29, 1.82) is 0 Å². The smallest absolute Gasteiger partial charge is 0.106 e. The van der Waals surface area contributed by atoms with Crippen LogP contribution in [-0.4, -0.2) is 10.1 Å². The first-order valence-electron chi connectivity index (χ1n) is 5.23. The molecule has 0 saturated carbocycles. The summed E-state index contributed by atoms with van der Waals surface area (Å²) >= 11 is 7.35. The fraction of sp³-hybridized carbons (Fsp3) is 0.154. The van der Waals surface area contributed by atoms with Gasteiger partial charge in [0.2, 0.25) is 0 Å². The molecule has 0 spiro atoms. The maximum absolute atomic E-state index is 9.65. The number of pyridine rings is 1. The topological polar surface area (TPSA) is 33.1 Å². The van der Waals surface area contributed by atoms with Crippen LogP contribution in [0.4, 0.5) is 0 Å². The second-order valence-corrected chi connectivity index (χ2v) is 5.13. The van der Waals surface area contributed by atoms with Crippen molar-refractivity contribution in [3.05, 3.63) is 53.2 Å². The summed E-state index contributed by atoms with van der Waals surface area (Å²) in [6, 6.07) is 11.3. The Balaban J connectivity index is 2.26. The van der Waals surface area contributed by atoms with E-state index in [-0.39, 0.29) is 0 Å². The van der Waals surface area contributed by atoms with Crippen LogP contribution in [0.2, 0.25) is 5.02 Å². The summed E-state index contributed by atoms with van der Waals surface area (Å²) in [5.41, 5.74) is 0.840. The minimum atomic E-state index is -0.515. The minimum absolute atomic E-state index is 0.515. The molecule has 2 nitrogen and oxygen atoms in total. The monoisotopic (exact) mass is 265 g/mol. The van der Waals surface area contributed by atoms with Crippen molar-refractivity contribution in [1.82, 2.24) is 4.98 Å². The molecule has 1 heterocycles. The number of hydrogen-bond acceptors (Lipinski definition) is 3. The second kappa shape index (κ2) is 5.54. The van der Waals surface area contributed by atoms with Crippen LogP contribution in [0.5, 0.6) is 0 Å². The first-order chi connectivity index (χ1) is 8.16. The molecule has 0 aliphatic rings. The zero-order valence-electron chi connectivity index (χ0n) is 9.30. The Bertz CT molecular complexity index is 499. The van der Waals surface area contributed by atoms with Crippen LogP contribution < -0.4 is 0 Å². The summed E-state index contributed by atoms with van der Waals surface area (Å²) in [6.07, 6.45) is 1.21. The van der Waals surface area contributed by atoms with Crippen molar-refractivity contribution in [3.63, 3.8) is 0 Å². The third kappa shape index (κ3) is 3.22. The van der Waals surface area contributed by atoms with E-state index >= 15 is 0 Å². The largest absolute Gasteiger partial charge is 0.389 e. The number of benzene rings is 1. The Morgan fingerprint density at radius 2 is 1.94 bits per heavy atom. The summed E-state index contributed by atoms with van der Waals surface area (Å²) in [5.74, 6) is 0. The molecule has 1 N–H and O–H groups in total. The Morgan fingerprint density at radius 1 is 1.24 bits per heavy atom. The van der Waals surface area contributed by atoms with E-state index in [2.05, 4.69) is 4.98 Å². The van der Waals surface area contributed by atoms with Crippen molar-refractivity contribution < 1.29 is 5.11 Å². The van der Waals surface area contributed by atoms with Crippen molar-refractivity contribution >= 4 is 23.4 Å². The van der Waals surface area contributed by atoms with E-state index in [0.29, 0.717) is 5.02 Å². The Morgan fingerprint density at radius 3 is 2.59 bits per heavy atom. The van der Waals surface area contributed by atoms with Gasteiger partial charge in [-0.2, -0.15) is 0 Å². The van der Waals surface area contributed by atoms with Gasteiger partial charge in [-0.1, -0.05) is 29.4 Å². The third-order valence-electron chi connectivity index (χ3n) is 2.28. The van der Waals surface area contributed by atoms with E-state index in [4.69, 9.17) is 11.6 Å². The van der Waals surface area contributed by atoms with Gasteiger partial charge < -0.3 is 5.11 Å². The minimum Gasteiger partial charge on any atom is -0.389 e. The quantitative estimate of drug-likeness (QED) is 0.913. The van der Waals surface area contributed by atoms with Crippen LogP contribution in [0.15, 0.2) is 52.5 Å². The van der Waals surface area contributed by atoms with Gasteiger partial charge in [0.05, 0.1) is 6.10 Å². The number of aromatic nitrogens is 1. The molecule has 0 saturated heterocycles. The molecule has 0 radical (unpaired) electrons. The van der Waals surface area contributed by atoms with Crippen LogP contribution in [0.25, 0.3) is 0 Å². The lowest BCUT2D eigenvalue weighted by molar-refractivity contribution is 0.195. The van der Waals surface area contributed by atoms with Crippen LogP contribution in [0.1, 0.15) is 18.6 Å². The molecule has 1 unspecified atom stereocenters. The molecule has 0 aliphatic carbocycles. The SMILES string of the molecule is CC(O)c1cccnc1Sc1ccc(Cl)cc1. The predicted molar refractivity (Wildman–Crippen MR) is 70.4 cm³/mol. The Labute approximate surface area is 110 Å². The van der Waals surface area contributed by atoms with Gasteiger partial charge >= 0.3 is 0 Å². The van der Waals surface area contributed by atoms with Gasteiger partial charge in [0.15, 0.2) is 0 Å². The van der Waals surface area contributed by atoms with E-state index in [0.717, 1.165) is 15.5 Å². The first-order valence-corrected chi connectivity index (χ1v) is 6.42. The van der Waals surface area contributed by atoms with Crippen molar-refractivity contribution in [2.75, 3.05) is 0 Å². The molecular weight excluding hydrogens is 254 g/mol. The molecule has 17 heavy (non-hydrogen) atoms. The van der Waals surface area contributed by atoms with Crippen molar-refractivity contribution in [2.45, 2.75) is 22.9 Å². The van der Waals surface area contributed by atoms with Gasteiger partial charge in [0, 0.05) is 21.7 Å². The molecule has 1 atom stereocenters. The molecule has 4 heteroatoms. The number of hydrogen-bond donors (Lipinski definition) is 1. The molecule has 88 valence electrons. The summed E-state index contributed by atoms with van der Waals surface area (Å²) < 4.78 is 0. The van der Waals surface area contributed by atoms with Gasteiger partial charge in [-0.05, 0) is 37.3 Å². The highest BCUT2D eigenvalue weighted by Gasteiger charge is 2.09. The van der Waals surface area contributed by atoms with E-state index < -0.39 is 6.10 Å². The summed E-state index contributed by atoms with van der Waals surface area (Å²) in [4.78, 5) is 5.34. The average molecular weight is 266 g/mol. The predicted octanol–water partition coefficient (Wildman–Crippen LogP) is 3.94. The van der Waals surface area contributed by atoms with E-state index in [9.17, 15) is 5.11 Å². The van der Waals surface area contributed by atoms with Crippen LogP contribution in [0, 0.1) is 0 Å². The zero-order chi connectivity index (χ0) is 12.3. The molecular formula is C13H12ClNOS. The van der Waals surface area contributed by atoms with E-state index in [1.807, 2.05) is 36.4 Å². The molecule has 2 rings (SSSR count). The molecule has 0 amide bonds. The van der Waals surface area contributed by atoms with Crippen LogP contribution in [-0.2, 0) is 0 Å². The summed E-state index contributed by atoms with van der Waals surface area (Å²) in [6.45, 7) is 1.74. The molecule has 0 bridgehead atoms. The highest BCUT2D eigenvalue weighted by Crippen LogP contribution is 2.31. The maximum atomic E-state index is 9.65. The Kier molecular flexibility index (Phi) is 4.05. The number of nitrogens with zero attached hydrogens (tertiary/aromatic N) is 1. The summed E-state index contributed by atoms with van der Waals surface area (Å²) in [7, 11) is 0. The van der Waals surface area contributed by atoms with E-state index in [1.54, 1.807) is 13.1 Å². The average Bonchev–Trinajstić information content (AvgIpc) is 2.32. The lowest BCUT2D eigenvalue weighted by Gasteiger charge is -2.09. The molecule has 0 aliphatic heterocycles. The fourth-order valence-corrected chi connectivity index (χ4v) is 2.51.